The Labute approximate surface area is 214 Å². The second kappa shape index (κ2) is 9.90. The standard InChI is InChI=1S/C29H30N2O4S/c1-17(2)31(27(32)21-10-8-18(3)9-11-21)28-22(29(33)34)16-25(36-28)19-12-14-20(15-13-19)26-30-23-6-4-5-7-24(23)35-26/h4-7,12-18,21H,8-11H2,1-3H3,(H,33,34)/t18-,21-. The summed E-state index contributed by atoms with van der Waals surface area (Å²) in [5, 5.41) is 10.5. The van der Waals surface area contributed by atoms with Gasteiger partial charge >= 0.3 is 5.97 Å². The average molecular weight is 503 g/mol. The number of benzene rings is 2. The lowest BCUT2D eigenvalue weighted by Gasteiger charge is -2.33. The van der Waals surface area contributed by atoms with Crippen molar-refractivity contribution < 1.29 is 19.1 Å². The second-order valence-corrected chi connectivity index (χ2v) is 11.0. The largest absolute Gasteiger partial charge is 0.478 e. The summed E-state index contributed by atoms with van der Waals surface area (Å²) in [5.41, 5.74) is 3.43. The molecule has 1 fully saturated rings. The number of rotatable bonds is 6. The van der Waals surface area contributed by atoms with Crippen LogP contribution in [-0.2, 0) is 4.79 Å². The lowest BCUT2D eigenvalue weighted by Crippen LogP contribution is -2.42. The second-order valence-electron chi connectivity index (χ2n) is 9.96. The van der Waals surface area contributed by atoms with E-state index in [9.17, 15) is 14.7 Å². The van der Waals surface area contributed by atoms with E-state index in [-0.39, 0.29) is 23.4 Å². The number of thiophene rings is 1. The van der Waals surface area contributed by atoms with Crippen LogP contribution < -0.4 is 4.90 Å². The highest BCUT2D eigenvalue weighted by molar-refractivity contribution is 7.20. The summed E-state index contributed by atoms with van der Waals surface area (Å²) in [5.74, 6) is 0.151. The third kappa shape index (κ3) is 4.67. The van der Waals surface area contributed by atoms with E-state index >= 15 is 0 Å². The third-order valence-electron chi connectivity index (χ3n) is 6.99. The number of hydrogen-bond acceptors (Lipinski definition) is 5. The van der Waals surface area contributed by atoms with Gasteiger partial charge in [0.2, 0.25) is 11.8 Å². The molecule has 1 amide bonds. The smallest absolute Gasteiger partial charge is 0.338 e. The van der Waals surface area contributed by atoms with Crippen molar-refractivity contribution in [3.05, 3.63) is 60.2 Å². The summed E-state index contributed by atoms with van der Waals surface area (Å²) in [7, 11) is 0. The molecule has 0 unspecified atom stereocenters. The summed E-state index contributed by atoms with van der Waals surface area (Å²) in [6.07, 6.45) is 3.80. The van der Waals surface area contributed by atoms with Crippen LogP contribution in [0.15, 0.2) is 59.0 Å². The van der Waals surface area contributed by atoms with Gasteiger partial charge in [0.25, 0.3) is 0 Å². The number of para-hydroxylation sites is 2. The molecule has 7 heteroatoms. The van der Waals surface area contributed by atoms with Crippen LogP contribution in [0.25, 0.3) is 33.0 Å². The quantitative estimate of drug-likeness (QED) is 0.295. The number of carbonyl (C=O) groups is 2. The molecule has 0 spiro atoms. The molecule has 5 rings (SSSR count). The predicted octanol–water partition coefficient (Wildman–Crippen LogP) is 7.49. The Morgan fingerprint density at radius 2 is 1.69 bits per heavy atom. The molecule has 36 heavy (non-hydrogen) atoms. The van der Waals surface area contributed by atoms with E-state index in [0.717, 1.165) is 52.8 Å². The van der Waals surface area contributed by atoms with E-state index in [1.807, 2.05) is 62.4 Å². The first-order valence-corrected chi connectivity index (χ1v) is 13.3. The van der Waals surface area contributed by atoms with Crippen molar-refractivity contribution in [1.29, 1.82) is 0 Å². The number of nitrogens with zero attached hydrogens (tertiary/aromatic N) is 2. The summed E-state index contributed by atoms with van der Waals surface area (Å²) >= 11 is 1.36. The summed E-state index contributed by atoms with van der Waals surface area (Å²) in [6, 6.07) is 16.9. The van der Waals surface area contributed by atoms with Crippen LogP contribution in [0.3, 0.4) is 0 Å². The fraction of sp³-hybridized carbons (Fsp3) is 0.345. The Morgan fingerprint density at radius 1 is 1.03 bits per heavy atom. The minimum atomic E-state index is -1.02. The highest BCUT2D eigenvalue weighted by atomic mass is 32.1. The van der Waals surface area contributed by atoms with E-state index in [1.165, 1.54) is 11.3 Å². The van der Waals surface area contributed by atoms with Gasteiger partial charge < -0.3 is 14.4 Å². The molecule has 186 valence electrons. The van der Waals surface area contributed by atoms with Crippen LogP contribution in [0.4, 0.5) is 5.00 Å². The van der Waals surface area contributed by atoms with Crippen LogP contribution in [-0.4, -0.2) is 28.0 Å². The minimum absolute atomic E-state index is 0.0408. The van der Waals surface area contributed by atoms with Gasteiger partial charge in [0.15, 0.2) is 5.58 Å². The molecule has 1 aliphatic rings. The van der Waals surface area contributed by atoms with Crippen LogP contribution >= 0.6 is 11.3 Å². The maximum atomic E-state index is 13.6. The maximum Gasteiger partial charge on any atom is 0.338 e. The fourth-order valence-electron chi connectivity index (χ4n) is 4.92. The first-order valence-electron chi connectivity index (χ1n) is 12.5. The molecule has 1 N–H and O–H groups in total. The Bertz CT molecular complexity index is 1360. The first kappa shape index (κ1) is 24.3. The Kier molecular flexibility index (Phi) is 6.67. The van der Waals surface area contributed by atoms with Crippen molar-refractivity contribution in [1.82, 2.24) is 4.98 Å². The molecule has 1 saturated carbocycles. The van der Waals surface area contributed by atoms with Gasteiger partial charge in [-0.3, -0.25) is 4.79 Å². The van der Waals surface area contributed by atoms with Gasteiger partial charge in [-0.15, -0.1) is 11.3 Å². The van der Waals surface area contributed by atoms with Crippen LogP contribution in [0.2, 0.25) is 0 Å². The number of hydrogen-bond donors (Lipinski definition) is 1. The molecule has 2 heterocycles. The van der Waals surface area contributed by atoms with Crippen molar-refractivity contribution in [2.75, 3.05) is 4.90 Å². The van der Waals surface area contributed by atoms with E-state index in [0.29, 0.717) is 16.8 Å². The van der Waals surface area contributed by atoms with Gasteiger partial charge in [0.05, 0.1) is 5.56 Å². The van der Waals surface area contributed by atoms with Crippen molar-refractivity contribution in [2.24, 2.45) is 11.8 Å². The van der Waals surface area contributed by atoms with Crippen LogP contribution in [0.1, 0.15) is 56.8 Å². The molecule has 2 aromatic heterocycles. The molecule has 0 atom stereocenters. The number of oxazole rings is 1. The van der Waals surface area contributed by atoms with Crippen molar-refractivity contribution in [3.63, 3.8) is 0 Å². The summed E-state index contributed by atoms with van der Waals surface area (Å²) in [4.78, 5) is 32.8. The summed E-state index contributed by atoms with van der Waals surface area (Å²) < 4.78 is 5.87. The van der Waals surface area contributed by atoms with Crippen molar-refractivity contribution in [3.8, 4) is 21.9 Å². The topological polar surface area (TPSA) is 83.6 Å². The molecule has 0 aliphatic heterocycles. The number of aromatic nitrogens is 1. The molecule has 0 saturated heterocycles. The van der Waals surface area contributed by atoms with Crippen molar-refractivity contribution in [2.45, 2.75) is 52.5 Å². The lowest BCUT2D eigenvalue weighted by atomic mass is 9.82. The molecule has 0 bridgehead atoms. The molecule has 2 aromatic carbocycles. The zero-order chi connectivity index (χ0) is 25.4. The number of aromatic carboxylic acids is 1. The molecular weight excluding hydrogens is 472 g/mol. The fourth-order valence-corrected chi connectivity index (χ4v) is 6.22. The van der Waals surface area contributed by atoms with Gasteiger partial charge in [-0.05, 0) is 81.3 Å². The SMILES string of the molecule is CC(C)N(c1sc(-c2ccc(-c3nc4ccccc4o3)cc2)cc1C(=O)O)C(=O)[C@H]1CC[C@H](C)CC1. The van der Waals surface area contributed by atoms with Gasteiger partial charge in [-0.1, -0.05) is 31.2 Å². The van der Waals surface area contributed by atoms with Crippen molar-refractivity contribution >= 4 is 39.3 Å². The maximum absolute atomic E-state index is 13.6. The summed E-state index contributed by atoms with van der Waals surface area (Å²) in [6.45, 7) is 6.12. The number of anilines is 1. The van der Waals surface area contributed by atoms with Gasteiger partial charge in [0.1, 0.15) is 10.5 Å². The molecular formula is C29H30N2O4S. The number of carboxylic acids is 1. The minimum Gasteiger partial charge on any atom is -0.478 e. The Morgan fingerprint density at radius 3 is 2.33 bits per heavy atom. The highest BCUT2D eigenvalue weighted by Gasteiger charge is 2.33. The molecule has 4 aromatic rings. The number of fused-ring (bicyclic) bond motifs is 1. The van der Waals surface area contributed by atoms with Gasteiger partial charge in [-0.25, -0.2) is 9.78 Å². The van der Waals surface area contributed by atoms with E-state index in [4.69, 9.17) is 4.42 Å². The van der Waals surface area contributed by atoms with E-state index < -0.39 is 5.97 Å². The lowest BCUT2D eigenvalue weighted by molar-refractivity contribution is -0.123. The Hall–Kier alpha value is -3.45. The monoisotopic (exact) mass is 502 g/mol. The normalized spacial score (nSPS) is 18.0. The van der Waals surface area contributed by atoms with Gasteiger partial charge in [0, 0.05) is 22.4 Å². The van der Waals surface area contributed by atoms with Gasteiger partial charge in [-0.2, -0.15) is 0 Å². The first-order chi connectivity index (χ1) is 17.3. The van der Waals surface area contributed by atoms with Crippen LogP contribution in [0.5, 0.6) is 0 Å². The zero-order valence-corrected chi connectivity index (χ0v) is 21.5. The highest BCUT2D eigenvalue weighted by Crippen LogP contribution is 2.41. The molecule has 1 aliphatic carbocycles. The molecule has 6 nitrogen and oxygen atoms in total. The number of carboxylic acid groups (broad SMARTS) is 1. The van der Waals surface area contributed by atoms with E-state index in [1.54, 1.807) is 11.0 Å². The van der Waals surface area contributed by atoms with Crippen LogP contribution in [0, 0.1) is 11.8 Å². The third-order valence-corrected chi connectivity index (χ3v) is 8.17. The molecule has 0 radical (unpaired) electrons. The number of carbonyl (C=O) groups excluding carboxylic acids is 1. The predicted molar refractivity (Wildman–Crippen MR) is 143 cm³/mol. The zero-order valence-electron chi connectivity index (χ0n) is 20.7. The van der Waals surface area contributed by atoms with E-state index in [2.05, 4.69) is 11.9 Å². The average Bonchev–Trinajstić information content (AvgIpc) is 3.49. The Balaban J connectivity index is 1.46. The number of amides is 1.